The molecule has 28 heavy (non-hydrogen) atoms. The fourth-order valence-electron chi connectivity index (χ4n) is 2.42. The number of alkyl halides is 3. The lowest BCUT2D eigenvalue weighted by Gasteiger charge is -2.28. The molecule has 0 spiro atoms. The molecule has 2 aromatic rings. The van der Waals surface area contributed by atoms with Crippen LogP contribution >= 0.6 is 11.6 Å². The van der Waals surface area contributed by atoms with Crippen LogP contribution in [0.4, 0.5) is 19.1 Å². The van der Waals surface area contributed by atoms with Crippen molar-refractivity contribution in [1.29, 1.82) is 0 Å². The third-order valence-corrected chi connectivity index (χ3v) is 3.80. The minimum absolute atomic E-state index is 0.0468. The molecule has 13 heteroatoms. The van der Waals surface area contributed by atoms with Crippen LogP contribution in [0.3, 0.4) is 0 Å². The number of hydrogen-bond acceptors (Lipinski definition) is 6. The number of anilines is 1. The van der Waals surface area contributed by atoms with Crippen LogP contribution in [-0.2, 0) is 11.3 Å². The van der Waals surface area contributed by atoms with E-state index in [9.17, 15) is 18.0 Å². The number of rotatable bonds is 2. The summed E-state index contributed by atoms with van der Waals surface area (Å²) in [5.74, 6) is 3.78. The van der Waals surface area contributed by atoms with E-state index in [0.29, 0.717) is 17.7 Å². The third-order valence-electron chi connectivity index (χ3n) is 3.62. The molecular formula is C15H16ClF3N6O3. The highest BCUT2D eigenvalue weighted by Gasteiger charge is 2.38. The number of H-pyrrole nitrogens is 1. The number of aromatic nitrogens is 4. The van der Waals surface area contributed by atoms with Gasteiger partial charge in [0.05, 0.1) is 6.54 Å². The van der Waals surface area contributed by atoms with E-state index < -0.39 is 12.1 Å². The van der Waals surface area contributed by atoms with Crippen molar-refractivity contribution >= 4 is 34.7 Å². The Labute approximate surface area is 161 Å². The predicted molar refractivity (Wildman–Crippen MR) is 95.4 cm³/mol. The van der Waals surface area contributed by atoms with Crippen LogP contribution in [0.15, 0.2) is 4.79 Å². The summed E-state index contributed by atoms with van der Waals surface area (Å²) in [6, 6.07) is 0. The van der Waals surface area contributed by atoms with Gasteiger partial charge in [0.1, 0.15) is 0 Å². The SMILES string of the molecule is CC#CCn1c(N2CCNCC2)nc2nc(Cl)[nH]c(=O)c21.O=C(O)C(F)(F)F. The lowest BCUT2D eigenvalue weighted by molar-refractivity contribution is -0.192. The largest absolute Gasteiger partial charge is 0.490 e. The summed E-state index contributed by atoms with van der Waals surface area (Å²) in [5.41, 5.74) is 0.475. The zero-order valence-corrected chi connectivity index (χ0v) is 15.4. The molecular weight excluding hydrogens is 405 g/mol. The highest BCUT2D eigenvalue weighted by molar-refractivity contribution is 6.28. The van der Waals surface area contributed by atoms with Gasteiger partial charge in [-0.15, -0.1) is 5.92 Å². The standard InChI is InChI=1S/C13H15ClN6O.C2HF3O2/c1-2-3-6-20-9-10(16-12(14)18-11(9)21)17-13(20)19-7-4-15-5-8-19;3-2(4,5)1(6)7/h15H,4-8H2,1H3,(H,16,18,21);(H,6,7). The number of hydrogen-bond donors (Lipinski definition) is 3. The quantitative estimate of drug-likeness (QED) is 0.487. The molecule has 2 aromatic heterocycles. The number of nitrogens with zero attached hydrogens (tertiary/aromatic N) is 4. The number of imidazole rings is 1. The molecule has 0 atom stereocenters. The van der Waals surface area contributed by atoms with Crippen LogP contribution in [0, 0.1) is 11.8 Å². The van der Waals surface area contributed by atoms with Crippen LogP contribution in [0.2, 0.25) is 5.28 Å². The van der Waals surface area contributed by atoms with Crippen LogP contribution in [0.25, 0.3) is 11.2 Å². The van der Waals surface area contributed by atoms with Crippen LogP contribution < -0.4 is 15.8 Å². The molecule has 0 radical (unpaired) electrons. The maximum Gasteiger partial charge on any atom is 0.490 e. The van der Waals surface area contributed by atoms with E-state index in [0.717, 1.165) is 32.1 Å². The molecule has 0 aliphatic carbocycles. The number of nitrogens with one attached hydrogen (secondary N) is 2. The zero-order chi connectivity index (χ0) is 20.9. The van der Waals surface area contributed by atoms with Gasteiger partial charge in [-0.2, -0.15) is 23.1 Å². The van der Waals surface area contributed by atoms with Gasteiger partial charge in [0.2, 0.25) is 11.2 Å². The first-order valence-electron chi connectivity index (χ1n) is 7.96. The second kappa shape index (κ2) is 8.94. The molecule has 1 aliphatic heterocycles. The first kappa shape index (κ1) is 21.5. The number of carboxylic acid groups (broad SMARTS) is 1. The molecule has 3 rings (SSSR count). The summed E-state index contributed by atoms with van der Waals surface area (Å²) >= 11 is 5.81. The Morgan fingerprint density at radius 3 is 2.46 bits per heavy atom. The molecule has 0 bridgehead atoms. The van der Waals surface area contributed by atoms with E-state index in [1.165, 1.54) is 0 Å². The summed E-state index contributed by atoms with van der Waals surface area (Å²) in [4.78, 5) is 34.3. The van der Waals surface area contributed by atoms with E-state index in [-0.39, 0.29) is 10.8 Å². The fraction of sp³-hybridized carbons (Fsp3) is 0.467. The lowest BCUT2D eigenvalue weighted by Crippen LogP contribution is -2.44. The predicted octanol–water partition coefficient (Wildman–Crippen LogP) is 0.839. The van der Waals surface area contributed by atoms with Crippen molar-refractivity contribution < 1.29 is 23.1 Å². The van der Waals surface area contributed by atoms with Crippen LogP contribution in [0.5, 0.6) is 0 Å². The van der Waals surface area contributed by atoms with Gasteiger partial charge in [0.25, 0.3) is 5.56 Å². The molecule has 9 nitrogen and oxygen atoms in total. The van der Waals surface area contributed by atoms with Gasteiger partial charge in [-0.1, -0.05) is 5.92 Å². The Morgan fingerprint density at radius 1 is 1.32 bits per heavy atom. The molecule has 3 heterocycles. The molecule has 3 N–H and O–H groups in total. The summed E-state index contributed by atoms with van der Waals surface area (Å²) in [6.07, 6.45) is -5.08. The molecule has 0 amide bonds. The number of aliphatic carboxylic acids is 1. The number of halogens is 4. The first-order chi connectivity index (χ1) is 13.1. The first-order valence-corrected chi connectivity index (χ1v) is 8.34. The van der Waals surface area contributed by atoms with E-state index in [4.69, 9.17) is 21.5 Å². The Balaban J connectivity index is 0.000000345. The van der Waals surface area contributed by atoms with Crippen LogP contribution in [-0.4, -0.2) is 63.0 Å². The lowest BCUT2D eigenvalue weighted by atomic mass is 10.4. The normalized spacial score (nSPS) is 14.1. The Kier molecular flexibility index (Phi) is 6.87. The van der Waals surface area contributed by atoms with Crippen molar-refractivity contribution in [3.05, 3.63) is 15.6 Å². The van der Waals surface area contributed by atoms with E-state index in [1.54, 1.807) is 11.5 Å². The van der Waals surface area contributed by atoms with Crippen LogP contribution in [0.1, 0.15) is 6.92 Å². The summed E-state index contributed by atoms with van der Waals surface area (Å²) in [7, 11) is 0. The Morgan fingerprint density at radius 2 is 1.93 bits per heavy atom. The third kappa shape index (κ3) is 5.14. The van der Waals surface area contributed by atoms with Gasteiger partial charge in [-0.05, 0) is 18.5 Å². The average molecular weight is 421 g/mol. The maximum atomic E-state index is 12.2. The molecule has 1 saturated heterocycles. The van der Waals surface area contributed by atoms with Gasteiger partial charge in [-0.25, -0.2) is 4.79 Å². The monoisotopic (exact) mass is 420 g/mol. The Bertz CT molecular complexity index is 970. The van der Waals surface area contributed by atoms with Crippen molar-refractivity contribution in [3.63, 3.8) is 0 Å². The smallest absolute Gasteiger partial charge is 0.475 e. The number of carboxylic acids is 1. The van der Waals surface area contributed by atoms with Crippen molar-refractivity contribution in [3.8, 4) is 11.8 Å². The minimum Gasteiger partial charge on any atom is -0.475 e. The molecule has 0 aromatic carbocycles. The van der Waals surface area contributed by atoms with E-state index in [2.05, 4.69) is 37.0 Å². The number of carbonyl (C=O) groups is 1. The van der Waals surface area contributed by atoms with Gasteiger partial charge < -0.3 is 15.3 Å². The van der Waals surface area contributed by atoms with Gasteiger partial charge in [0, 0.05) is 26.2 Å². The highest BCUT2D eigenvalue weighted by atomic mass is 35.5. The van der Waals surface area contributed by atoms with Gasteiger partial charge in [-0.3, -0.25) is 14.3 Å². The maximum absolute atomic E-state index is 12.2. The van der Waals surface area contributed by atoms with E-state index >= 15 is 0 Å². The summed E-state index contributed by atoms with van der Waals surface area (Å²) < 4.78 is 33.5. The second-order valence-corrected chi connectivity index (χ2v) is 5.85. The number of aromatic amines is 1. The number of piperazine rings is 1. The fourth-order valence-corrected chi connectivity index (χ4v) is 2.58. The van der Waals surface area contributed by atoms with Gasteiger partial charge >= 0.3 is 12.1 Å². The molecule has 152 valence electrons. The highest BCUT2D eigenvalue weighted by Crippen LogP contribution is 2.20. The second-order valence-electron chi connectivity index (χ2n) is 5.49. The van der Waals surface area contributed by atoms with Crippen molar-refractivity contribution in [2.75, 3.05) is 31.1 Å². The number of fused-ring (bicyclic) bond motifs is 1. The van der Waals surface area contributed by atoms with Crippen molar-refractivity contribution in [1.82, 2.24) is 24.8 Å². The molecule has 0 unspecified atom stereocenters. The molecule has 0 saturated carbocycles. The van der Waals surface area contributed by atoms with Gasteiger partial charge in [0.15, 0.2) is 11.2 Å². The zero-order valence-electron chi connectivity index (χ0n) is 14.6. The average Bonchev–Trinajstić information content (AvgIpc) is 2.99. The van der Waals surface area contributed by atoms with Crippen molar-refractivity contribution in [2.24, 2.45) is 0 Å². The van der Waals surface area contributed by atoms with Crippen molar-refractivity contribution in [2.45, 2.75) is 19.6 Å². The molecule has 1 fully saturated rings. The minimum atomic E-state index is -5.08. The summed E-state index contributed by atoms with van der Waals surface area (Å²) in [5, 5.41) is 10.5. The topological polar surface area (TPSA) is 116 Å². The van der Waals surface area contributed by atoms with E-state index in [1.807, 2.05) is 0 Å². The Hall–Kier alpha value is -2.78. The summed E-state index contributed by atoms with van der Waals surface area (Å²) in [6.45, 7) is 5.59. The molecule has 1 aliphatic rings.